The normalized spacial score (nSPS) is 24.7. The molecular weight excluding hydrogens is 530 g/mol. The molecule has 2 aliphatic rings. The van der Waals surface area contributed by atoms with E-state index in [1.165, 1.54) is 6.92 Å². The monoisotopic (exact) mass is 558 g/mol. The number of carbonyl (C=O) groups is 1. The zero-order valence-corrected chi connectivity index (χ0v) is 20.9. The molecule has 0 radical (unpaired) electrons. The summed E-state index contributed by atoms with van der Waals surface area (Å²) >= 11 is 0. The second-order valence-electron chi connectivity index (χ2n) is 9.72. The number of alkyl halides is 6. The van der Waals surface area contributed by atoms with E-state index in [0.717, 1.165) is 5.56 Å². The number of aliphatic hydroxyl groups is 1. The predicted octanol–water partition coefficient (Wildman–Crippen LogP) is 4.44. The van der Waals surface area contributed by atoms with Crippen molar-refractivity contribution in [3.05, 3.63) is 70.8 Å². The highest BCUT2D eigenvalue weighted by Gasteiger charge is 2.40. The van der Waals surface area contributed by atoms with Gasteiger partial charge in [0, 0.05) is 12.5 Å². The van der Waals surface area contributed by atoms with Gasteiger partial charge < -0.3 is 20.6 Å². The lowest BCUT2D eigenvalue weighted by molar-refractivity contribution is -0.143. The molecular formula is C26H28F6N4O3. The van der Waals surface area contributed by atoms with Crippen LogP contribution in [0, 0.1) is 5.92 Å². The Hall–Kier alpha value is -3.00. The van der Waals surface area contributed by atoms with Crippen LogP contribution in [0.3, 0.4) is 0 Å². The molecule has 0 spiro atoms. The molecule has 0 bridgehead atoms. The van der Waals surface area contributed by atoms with Gasteiger partial charge in [-0.15, -0.1) is 0 Å². The van der Waals surface area contributed by atoms with E-state index in [0.29, 0.717) is 30.8 Å². The second kappa shape index (κ2) is 11.2. The van der Waals surface area contributed by atoms with E-state index in [2.05, 4.69) is 21.2 Å². The van der Waals surface area contributed by atoms with Crippen LogP contribution in [0.15, 0.2) is 53.5 Å². The number of aliphatic imine (C=N–C) groups is 1. The number of ether oxygens (including phenoxy) is 1. The molecule has 212 valence electrons. The molecule has 4 N–H and O–H groups in total. The van der Waals surface area contributed by atoms with Gasteiger partial charge in [0.2, 0.25) is 6.35 Å². The van der Waals surface area contributed by atoms with Gasteiger partial charge in [-0.2, -0.15) is 31.8 Å². The quantitative estimate of drug-likeness (QED) is 0.358. The summed E-state index contributed by atoms with van der Waals surface area (Å²) in [5.41, 5.74) is 2.06. The standard InChI is InChI=1S/C26H28F6N4O3/c1-15(17-9-19(25(27,28)29)11-20(10-17)26(30,31)32)39-14-24(18-5-3-2-4-6-18)8-7-16(13-33-24)21(37)12-22-34-23(38)36-35-22/h2-6,9-11,15-16,23,33,36,38H,7-8,12-14H2,1H3,(H,34,35)/t15-,16-,23?,24-/m1/s1. The van der Waals surface area contributed by atoms with Crippen molar-refractivity contribution >= 4 is 11.6 Å². The number of carbonyl (C=O) groups excluding carboxylic acids is 1. The first-order chi connectivity index (χ1) is 18.3. The minimum atomic E-state index is -4.96. The van der Waals surface area contributed by atoms with Gasteiger partial charge in [0.15, 0.2) is 0 Å². The smallest absolute Gasteiger partial charge is 0.372 e. The molecule has 0 aliphatic carbocycles. The lowest BCUT2D eigenvalue weighted by Crippen LogP contribution is -2.53. The lowest BCUT2D eigenvalue weighted by atomic mass is 9.78. The Morgan fingerprint density at radius 1 is 1.10 bits per heavy atom. The van der Waals surface area contributed by atoms with Crippen LogP contribution in [0.2, 0.25) is 0 Å². The largest absolute Gasteiger partial charge is 0.416 e. The summed E-state index contributed by atoms with van der Waals surface area (Å²) in [5.74, 6) is -0.132. The maximum Gasteiger partial charge on any atom is 0.416 e. The third-order valence-corrected chi connectivity index (χ3v) is 7.01. The Bertz CT molecular complexity index is 1160. The summed E-state index contributed by atoms with van der Waals surface area (Å²) in [7, 11) is 0. The zero-order valence-electron chi connectivity index (χ0n) is 20.9. The first-order valence-electron chi connectivity index (χ1n) is 12.3. The number of aliphatic hydroxyl groups excluding tert-OH is 1. The average Bonchev–Trinajstić information content (AvgIpc) is 3.31. The second-order valence-corrected chi connectivity index (χ2v) is 9.72. The van der Waals surface area contributed by atoms with Gasteiger partial charge in [0.05, 0.1) is 35.8 Å². The fourth-order valence-corrected chi connectivity index (χ4v) is 4.75. The summed E-state index contributed by atoms with van der Waals surface area (Å²) in [6.07, 6.45) is -11.2. The average molecular weight is 559 g/mol. The number of ketones is 1. The fraction of sp³-hybridized carbons (Fsp3) is 0.462. The van der Waals surface area contributed by atoms with Crippen molar-refractivity contribution in [1.29, 1.82) is 0 Å². The molecule has 39 heavy (non-hydrogen) atoms. The maximum atomic E-state index is 13.3. The molecule has 0 amide bonds. The summed E-state index contributed by atoms with van der Waals surface area (Å²) in [4.78, 5) is 16.7. The lowest BCUT2D eigenvalue weighted by Gasteiger charge is -2.42. The van der Waals surface area contributed by atoms with Crippen LogP contribution in [0.5, 0.6) is 0 Å². The number of hydrogen-bond donors (Lipinski definition) is 4. The van der Waals surface area contributed by atoms with Crippen molar-refractivity contribution < 1.29 is 41.0 Å². The number of benzene rings is 2. The highest BCUT2D eigenvalue weighted by molar-refractivity contribution is 6.02. The Morgan fingerprint density at radius 2 is 1.74 bits per heavy atom. The van der Waals surface area contributed by atoms with E-state index in [9.17, 15) is 36.2 Å². The summed E-state index contributed by atoms with van der Waals surface area (Å²) in [6, 6.07) is 10.6. The molecule has 4 rings (SSSR count). The summed E-state index contributed by atoms with van der Waals surface area (Å²) in [5, 5.41) is 12.8. The summed E-state index contributed by atoms with van der Waals surface area (Å²) < 4.78 is 85.9. The minimum Gasteiger partial charge on any atom is -0.372 e. The Morgan fingerprint density at radius 3 is 2.26 bits per heavy atom. The molecule has 2 heterocycles. The molecule has 0 aromatic heterocycles. The Balaban J connectivity index is 1.50. The minimum absolute atomic E-state index is 0.000633. The fourth-order valence-electron chi connectivity index (χ4n) is 4.75. The first-order valence-corrected chi connectivity index (χ1v) is 12.3. The maximum absolute atomic E-state index is 13.3. The molecule has 0 saturated carbocycles. The number of hydrazine groups is 1. The SMILES string of the molecule is C[C@@H](OC[C@@]1(c2ccccc2)CC[C@@H](C(=O)CC2=NC(O)NN2)CN1)c1cc(C(F)(F)F)cc(C(F)(F)F)c1. The van der Waals surface area contributed by atoms with Gasteiger partial charge in [-0.25, -0.2) is 4.99 Å². The van der Waals surface area contributed by atoms with Crippen molar-refractivity contribution in [1.82, 2.24) is 16.2 Å². The zero-order chi connectivity index (χ0) is 28.4. The van der Waals surface area contributed by atoms with Gasteiger partial charge in [-0.05, 0) is 49.1 Å². The molecule has 7 nitrogen and oxygen atoms in total. The number of rotatable bonds is 8. The van der Waals surface area contributed by atoms with Crippen LogP contribution in [0.25, 0.3) is 0 Å². The van der Waals surface area contributed by atoms with E-state index in [1.54, 1.807) is 0 Å². The molecule has 1 fully saturated rings. The van der Waals surface area contributed by atoms with E-state index >= 15 is 0 Å². The van der Waals surface area contributed by atoms with E-state index in [4.69, 9.17) is 4.74 Å². The molecule has 13 heteroatoms. The third kappa shape index (κ3) is 6.96. The first kappa shape index (κ1) is 29.0. The molecule has 2 aromatic carbocycles. The molecule has 4 atom stereocenters. The van der Waals surface area contributed by atoms with Crippen LogP contribution in [-0.2, 0) is 27.4 Å². The highest BCUT2D eigenvalue weighted by atomic mass is 19.4. The molecule has 1 unspecified atom stereocenters. The van der Waals surface area contributed by atoms with Gasteiger partial charge in [-0.3, -0.25) is 4.79 Å². The topological polar surface area (TPSA) is 95.0 Å². The predicted molar refractivity (Wildman–Crippen MR) is 129 cm³/mol. The van der Waals surface area contributed by atoms with Crippen molar-refractivity contribution in [3.63, 3.8) is 0 Å². The van der Waals surface area contributed by atoms with Gasteiger partial charge in [0.25, 0.3) is 0 Å². The van der Waals surface area contributed by atoms with Crippen LogP contribution in [0.4, 0.5) is 26.3 Å². The van der Waals surface area contributed by atoms with Gasteiger partial charge in [-0.1, -0.05) is 30.3 Å². The number of amidine groups is 1. The number of piperidine rings is 1. The molecule has 2 aromatic rings. The number of halogens is 6. The number of nitrogens with one attached hydrogen (secondary N) is 3. The summed E-state index contributed by atoms with van der Waals surface area (Å²) in [6.45, 7) is 1.62. The number of hydrogen-bond acceptors (Lipinski definition) is 7. The van der Waals surface area contributed by atoms with Crippen molar-refractivity contribution in [2.24, 2.45) is 10.9 Å². The van der Waals surface area contributed by atoms with E-state index in [-0.39, 0.29) is 42.9 Å². The van der Waals surface area contributed by atoms with Crippen LogP contribution < -0.4 is 16.2 Å². The van der Waals surface area contributed by atoms with Crippen LogP contribution in [-0.4, -0.2) is 36.2 Å². The number of Topliss-reactive ketones (excluding diaryl/α,β-unsaturated/α-hetero) is 1. The number of nitrogens with zero attached hydrogens (tertiary/aromatic N) is 1. The molecule has 1 saturated heterocycles. The van der Waals surface area contributed by atoms with Crippen molar-refractivity contribution in [3.8, 4) is 0 Å². The van der Waals surface area contributed by atoms with E-state index < -0.39 is 41.5 Å². The van der Waals surface area contributed by atoms with Crippen molar-refractivity contribution in [2.75, 3.05) is 13.2 Å². The molecule has 2 aliphatic heterocycles. The van der Waals surface area contributed by atoms with Gasteiger partial charge in [0.1, 0.15) is 11.6 Å². The van der Waals surface area contributed by atoms with Crippen LogP contribution >= 0.6 is 0 Å². The van der Waals surface area contributed by atoms with Crippen molar-refractivity contribution in [2.45, 2.75) is 56.5 Å². The Labute approximate surface area is 220 Å². The van der Waals surface area contributed by atoms with Gasteiger partial charge >= 0.3 is 12.4 Å². The Kier molecular flexibility index (Phi) is 8.36. The van der Waals surface area contributed by atoms with E-state index in [1.807, 2.05) is 30.3 Å². The van der Waals surface area contributed by atoms with Crippen LogP contribution in [0.1, 0.15) is 54.5 Å². The third-order valence-electron chi connectivity index (χ3n) is 7.01. The highest BCUT2D eigenvalue weighted by Crippen LogP contribution is 2.39.